The molecule has 0 spiro atoms. The number of pyridine rings is 1. The van der Waals surface area contributed by atoms with E-state index < -0.39 is 11.7 Å². The van der Waals surface area contributed by atoms with Gasteiger partial charge in [-0.25, -0.2) is 0 Å². The van der Waals surface area contributed by atoms with E-state index in [4.69, 9.17) is 0 Å². The molecular formula is C19H16F3N3. The van der Waals surface area contributed by atoms with Crippen LogP contribution in [-0.2, 0) is 6.18 Å². The topological polar surface area (TPSA) is 37.3 Å². The van der Waals surface area contributed by atoms with E-state index in [1.54, 1.807) is 12.1 Å². The number of hydrazone groups is 1. The van der Waals surface area contributed by atoms with Crippen molar-refractivity contribution in [2.75, 3.05) is 5.43 Å². The van der Waals surface area contributed by atoms with Crippen molar-refractivity contribution in [1.29, 1.82) is 0 Å². The smallest absolute Gasteiger partial charge is 0.277 e. The summed E-state index contributed by atoms with van der Waals surface area (Å²) >= 11 is 0. The van der Waals surface area contributed by atoms with Crippen molar-refractivity contribution in [2.24, 2.45) is 5.10 Å². The first kappa shape index (κ1) is 17.0. The van der Waals surface area contributed by atoms with Gasteiger partial charge >= 0.3 is 6.18 Å². The number of benzene rings is 2. The van der Waals surface area contributed by atoms with Gasteiger partial charge in [-0.2, -0.15) is 18.3 Å². The van der Waals surface area contributed by atoms with Crippen LogP contribution in [0.15, 0.2) is 59.8 Å². The first-order chi connectivity index (χ1) is 11.9. The molecule has 0 saturated carbocycles. The number of para-hydroxylation sites is 1. The Bertz CT molecular complexity index is 929. The van der Waals surface area contributed by atoms with Crippen LogP contribution in [0.3, 0.4) is 0 Å². The standard InChI is InChI=1S/C19H16F3N3/c1-12-6-8-14(9-7-12)13(2)24-25-17-10-11-23-18-15(17)4-3-5-16(18)19(20,21)22/h3-11H,1-2H3,(H,23,25)/b24-13+. The summed E-state index contributed by atoms with van der Waals surface area (Å²) in [5.74, 6) is 0. The van der Waals surface area contributed by atoms with Gasteiger partial charge in [-0.3, -0.25) is 10.4 Å². The van der Waals surface area contributed by atoms with Crippen LogP contribution in [0, 0.1) is 6.92 Å². The summed E-state index contributed by atoms with van der Waals surface area (Å²) in [6.45, 7) is 3.83. The van der Waals surface area contributed by atoms with Crippen LogP contribution in [-0.4, -0.2) is 10.7 Å². The van der Waals surface area contributed by atoms with Crippen LogP contribution >= 0.6 is 0 Å². The number of nitrogens with one attached hydrogen (secondary N) is 1. The van der Waals surface area contributed by atoms with E-state index >= 15 is 0 Å². The zero-order chi connectivity index (χ0) is 18.0. The molecular weight excluding hydrogens is 327 g/mol. The highest BCUT2D eigenvalue weighted by Gasteiger charge is 2.33. The van der Waals surface area contributed by atoms with Gasteiger partial charge in [0.1, 0.15) is 0 Å². The number of fused-ring (bicyclic) bond motifs is 1. The molecule has 0 aliphatic carbocycles. The minimum Gasteiger partial charge on any atom is -0.277 e. The molecule has 3 aromatic rings. The Kier molecular flexibility index (Phi) is 4.44. The number of hydrogen-bond donors (Lipinski definition) is 1. The summed E-state index contributed by atoms with van der Waals surface area (Å²) < 4.78 is 39.4. The Labute approximate surface area is 143 Å². The molecule has 2 aromatic carbocycles. The van der Waals surface area contributed by atoms with Crippen LogP contribution in [0.2, 0.25) is 0 Å². The zero-order valence-electron chi connectivity index (χ0n) is 13.7. The van der Waals surface area contributed by atoms with Crippen molar-refractivity contribution in [3.63, 3.8) is 0 Å². The maximum absolute atomic E-state index is 13.1. The third-order valence-electron chi connectivity index (χ3n) is 3.89. The van der Waals surface area contributed by atoms with Crippen molar-refractivity contribution in [3.8, 4) is 0 Å². The molecule has 1 N–H and O–H groups in total. The predicted molar refractivity (Wildman–Crippen MR) is 93.8 cm³/mol. The fraction of sp³-hybridized carbons (Fsp3) is 0.158. The molecule has 1 heterocycles. The number of rotatable bonds is 3. The van der Waals surface area contributed by atoms with Gasteiger partial charge in [-0.15, -0.1) is 0 Å². The van der Waals surface area contributed by atoms with Gasteiger partial charge in [0.25, 0.3) is 0 Å². The molecule has 0 radical (unpaired) electrons. The Morgan fingerprint density at radius 2 is 1.76 bits per heavy atom. The maximum atomic E-state index is 13.1. The lowest BCUT2D eigenvalue weighted by atomic mass is 10.1. The molecule has 3 nitrogen and oxygen atoms in total. The number of halogens is 3. The SMILES string of the molecule is C/C(=N\Nc1ccnc2c(C(F)(F)F)cccc12)c1ccc(C)cc1. The van der Waals surface area contributed by atoms with Gasteiger partial charge in [0.15, 0.2) is 0 Å². The second-order valence-electron chi connectivity index (χ2n) is 5.73. The third kappa shape index (κ3) is 3.63. The second-order valence-corrected chi connectivity index (χ2v) is 5.73. The molecule has 0 unspecified atom stereocenters. The molecule has 0 saturated heterocycles. The van der Waals surface area contributed by atoms with Crippen LogP contribution in [0.5, 0.6) is 0 Å². The lowest BCUT2D eigenvalue weighted by Gasteiger charge is -2.12. The normalized spacial score (nSPS) is 12.4. The minimum absolute atomic E-state index is 0.0943. The Morgan fingerprint density at radius 3 is 2.44 bits per heavy atom. The fourth-order valence-electron chi connectivity index (χ4n) is 2.51. The van der Waals surface area contributed by atoms with E-state index in [9.17, 15) is 13.2 Å². The molecule has 0 fully saturated rings. The second kappa shape index (κ2) is 6.55. The van der Waals surface area contributed by atoms with Gasteiger partial charge in [0, 0.05) is 11.6 Å². The van der Waals surface area contributed by atoms with Crippen molar-refractivity contribution in [3.05, 3.63) is 71.4 Å². The number of anilines is 1. The lowest BCUT2D eigenvalue weighted by molar-refractivity contribution is -0.136. The number of aromatic nitrogens is 1. The molecule has 25 heavy (non-hydrogen) atoms. The van der Waals surface area contributed by atoms with Crippen LogP contribution in [0.4, 0.5) is 18.9 Å². The first-order valence-electron chi connectivity index (χ1n) is 7.68. The minimum atomic E-state index is -4.45. The summed E-state index contributed by atoms with van der Waals surface area (Å²) in [4.78, 5) is 3.89. The van der Waals surface area contributed by atoms with Crippen LogP contribution < -0.4 is 5.43 Å². The molecule has 0 aliphatic rings. The van der Waals surface area contributed by atoms with Gasteiger partial charge in [-0.05, 0) is 31.5 Å². The van der Waals surface area contributed by atoms with E-state index in [1.165, 1.54) is 12.3 Å². The Balaban J connectivity index is 1.97. The van der Waals surface area contributed by atoms with Crippen molar-refractivity contribution >= 4 is 22.3 Å². The number of alkyl halides is 3. The van der Waals surface area contributed by atoms with E-state index in [1.807, 2.05) is 38.1 Å². The zero-order valence-corrected chi connectivity index (χ0v) is 13.7. The van der Waals surface area contributed by atoms with E-state index in [-0.39, 0.29) is 5.52 Å². The van der Waals surface area contributed by atoms with Crippen molar-refractivity contribution in [1.82, 2.24) is 4.98 Å². The molecule has 1 aromatic heterocycles. The summed E-state index contributed by atoms with van der Waals surface area (Å²) in [6.07, 6.45) is -3.11. The average Bonchev–Trinajstić information content (AvgIpc) is 2.59. The lowest BCUT2D eigenvalue weighted by Crippen LogP contribution is -2.07. The Hall–Kier alpha value is -2.89. The average molecular weight is 343 g/mol. The first-order valence-corrected chi connectivity index (χ1v) is 7.68. The quantitative estimate of drug-likeness (QED) is 0.511. The van der Waals surface area contributed by atoms with Crippen LogP contribution in [0.25, 0.3) is 10.9 Å². The van der Waals surface area contributed by atoms with Gasteiger partial charge in [0.2, 0.25) is 0 Å². The Morgan fingerprint density at radius 1 is 1.04 bits per heavy atom. The molecule has 3 rings (SSSR count). The molecule has 0 amide bonds. The van der Waals surface area contributed by atoms with Gasteiger partial charge in [0.05, 0.1) is 22.5 Å². The molecule has 6 heteroatoms. The van der Waals surface area contributed by atoms with Crippen molar-refractivity contribution in [2.45, 2.75) is 20.0 Å². The van der Waals surface area contributed by atoms with Gasteiger partial charge < -0.3 is 0 Å². The predicted octanol–water partition coefficient (Wildman–Crippen LogP) is 5.40. The van der Waals surface area contributed by atoms with Gasteiger partial charge in [-0.1, -0.05) is 42.0 Å². The number of nitrogens with zero attached hydrogens (tertiary/aromatic N) is 2. The molecule has 0 atom stereocenters. The highest BCUT2D eigenvalue weighted by Crippen LogP contribution is 2.35. The van der Waals surface area contributed by atoms with E-state index in [2.05, 4.69) is 15.5 Å². The molecule has 0 bridgehead atoms. The highest BCUT2D eigenvalue weighted by molar-refractivity contribution is 6.00. The monoisotopic (exact) mass is 343 g/mol. The molecule has 128 valence electrons. The van der Waals surface area contributed by atoms with E-state index in [0.29, 0.717) is 11.1 Å². The summed E-state index contributed by atoms with van der Waals surface area (Å²) in [6, 6.07) is 13.4. The molecule has 0 aliphatic heterocycles. The highest BCUT2D eigenvalue weighted by atomic mass is 19.4. The van der Waals surface area contributed by atoms with E-state index in [0.717, 1.165) is 22.9 Å². The third-order valence-corrected chi connectivity index (χ3v) is 3.89. The summed E-state index contributed by atoms with van der Waals surface area (Å²) in [5.41, 5.74) is 5.30. The largest absolute Gasteiger partial charge is 0.418 e. The number of hydrogen-bond acceptors (Lipinski definition) is 3. The van der Waals surface area contributed by atoms with Crippen molar-refractivity contribution < 1.29 is 13.2 Å². The summed E-state index contributed by atoms with van der Waals surface area (Å²) in [7, 11) is 0. The number of aryl methyl sites for hydroxylation is 1. The fourth-order valence-corrected chi connectivity index (χ4v) is 2.51. The summed E-state index contributed by atoms with van der Waals surface area (Å²) in [5, 5.41) is 4.67. The van der Waals surface area contributed by atoms with Crippen LogP contribution in [0.1, 0.15) is 23.6 Å². The maximum Gasteiger partial charge on any atom is 0.418 e.